The second kappa shape index (κ2) is 6.47. The van der Waals surface area contributed by atoms with Crippen molar-refractivity contribution in [1.29, 1.82) is 5.26 Å². The number of ether oxygens (including phenoxy) is 1. The number of nitrogens with zero attached hydrogens (tertiary/aromatic N) is 2. The first kappa shape index (κ1) is 15.8. The van der Waals surface area contributed by atoms with E-state index in [0.717, 1.165) is 17.8 Å². The van der Waals surface area contributed by atoms with Crippen LogP contribution in [0.4, 0.5) is 0 Å². The van der Waals surface area contributed by atoms with Crippen LogP contribution in [0.2, 0.25) is 0 Å². The Morgan fingerprint density at radius 3 is 2.67 bits per heavy atom. The number of aryl methyl sites for hydroxylation is 2. The molecule has 1 aliphatic carbocycles. The van der Waals surface area contributed by atoms with Gasteiger partial charge < -0.3 is 4.74 Å². The van der Waals surface area contributed by atoms with E-state index in [1.165, 1.54) is 12.8 Å². The zero-order chi connectivity index (χ0) is 15.6. The van der Waals surface area contributed by atoms with Crippen LogP contribution in [0.3, 0.4) is 0 Å². The maximum Gasteiger partial charge on any atom is 0.141 e. The summed E-state index contributed by atoms with van der Waals surface area (Å²) in [6, 6.07) is 4.15. The lowest BCUT2D eigenvalue weighted by molar-refractivity contribution is 0.0456. The van der Waals surface area contributed by atoms with Crippen molar-refractivity contribution in [1.82, 2.24) is 4.98 Å². The molecule has 0 spiro atoms. The number of rotatable bonds is 3. The summed E-state index contributed by atoms with van der Waals surface area (Å²) in [5.74, 6) is 2.59. The van der Waals surface area contributed by atoms with Crippen LogP contribution in [0.1, 0.15) is 57.0 Å². The van der Waals surface area contributed by atoms with Crippen LogP contribution in [0, 0.1) is 42.9 Å². The molecule has 0 aromatic carbocycles. The molecule has 1 saturated carbocycles. The molecule has 3 heteroatoms. The molecule has 1 fully saturated rings. The maximum atomic E-state index is 9.38. The van der Waals surface area contributed by atoms with Gasteiger partial charge in [-0.05, 0) is 44.4 Å². The van der Waals surface area contributed by atoms with Crippen LogP contribution >= 0.6 is 0 Å². The molecule has 0 aliphatic heterocycles. The van der Waals surface area contributed by atoms with Crippen LogP contribution in [0.15, 0.2) is 6.07 Å². The monoisotopic (exact) mass is 286 g/mol. The Morgan fingerprint density at radius 2 is 2.05 bits per heavy atom. The number of pyridine rings is 1. The molecule has 0 saturated heterocycles. The Labute approximate surface area is 128 Å². The van der Waals surface area contributed by atoms with Gasteiger partial charge in [0.25, 0.3) is 0 Å². The van der Waals surface area contributed by atoms with Crippen molar-refractivity contribution >= 4 is 0 Å². The van der Waals surface area contributed by atoms with Gasteiger partial charge in [-0.15, -0.1) is 0 Å². The average Bonchev–Trinajstić information content (AvgIpc) is 2.37. The summed E-state index contributed by atoms with van der Waals surface area (Å²) >= 11 is 0. The maximum absolute atomic E-state index is 9.38. The number of nitriles is 1. The summed E-state index contributed by atoms with van der Waals surface area (Å²) in [4.78, 5) is 4.36. The van der Waals surface area contributed by atoms with Gasteiger partial charge in [0.1, 0.15) is 23.5 Å². The standard InChI is InChI=1S/C18H26N2O/c1-11(2)15-7-6-12(3)8-17(15)21-18-9-13(4)20-14(5)16(18)10-19/h9,11-12,15,17H,6-8H2,1-5H3. The lowest BCUT2D eigenvalue weighted by atomic mass is 9.75. The normalized spacial score (nSPS) is 25.7. The highest BCUT2D eigenvalue weighted by atomic mass is 16.5. The lowest BCUT2D eigenvalue weighted by Gasteiger charge is -2.37. The van der Waals surface area contributed by atoms with Crippen LogP contribution in [0.5, 0.6) is 5.75 Å². The zero-order valence-corrected chi connectivity index (χ0v) is 13.8. The van der Waals surface area contributed by atoms with Crippen molar-refractivity contribution in [2.24, 2.45) is 17.8 Å². The first-order valence-electron chi connectivity index (χ1n) is 7.97. The molecular formula is C18H26N2O. The Balaban J connectivity index is 2.29. The number of hydrogen-bond acceptors (Lipinski definition) is 3. The minimum absolute atomic E-state index is 0.210. The first-order valence-corrected chi connectivity index (χ1v) is 7.97. The summed E-state index contributed by atoms with van der Waals surface area (Å²) in [5, 5.41) is 9.38. The van der Waals surface area contributed by atoms with E-state index < -0.39 is 0 Å². The molecule has 21 heavy (non-hydrogen) atoms. The number of aromatic nitrogens is 1. The second-order valence-corrected chi connectivity index (χ2v) is 6.82. The minimum atomic E-state index is 0.210. The van der Waals surface area contributed by atoms with Gasteiger partial charge in [0.2, 0.25) is 0 Å². The van der Waals surface area contributed by atoms with E-state index in [4.69, 9.17) is 4.74 Å². The molecule has 1 heterocycles. The Hall–Kier alpha value is -1.56. The van der Waals surface area contributed by atoms with Gasteiger partial charge in [-0.25, -0.2) is 0 Å². The van der Waals surface area contributed by atoms with Gasteiger partial charge in [0.15, 0.2) is 0 Å². The van der Waals surface area contributed by atoms with E-state index >= 15 is 0 Å². The fraction of sp³-hybridized carbons (Fsp3) is 0.667. The minimum Gasteiger partial charge on any atom is -0.489 e. The summed E-state index contributed by atoms with van der Waals surface area (Å²) in [5.41, 5.74) is 2.25. The van der Waals surface area contributed by atoms with E-state index in [9.17, 15) is 5.26 Å². The van der Waals surface area contributed by atoms with Crippen LogP contribution in [-0.2, 0) is 0 Å². The molecule has 0 radical (unpaired) electrons. The predicted octanol–water partition coefficient (Wildman–Crippen LogP) is 4.41. The first-order chi connectivity index (χ1) is 9.92. The van der Waals surface area contributed by atoms with Crippen LogP contribution < -0.4 is 4.74 Å². The molecule has 114 valence electrons. The van der Waals surface area contributed by atoms with Crippen molar-refractivity contribution in [2.45, 2.75) is 60.0 Å². The molecule has 3 nitrogen and oxygen atoms in total. The smallest absolute Gasteiger partial charge is 0.141 e. The van der Waals surface area contributed by atoms with Gasteiger partial charge in [-0.3, -0.25) is 4.98 Å². The van der Waals surface area contributed by atoms with Crippen molar-refractivity contribution < 1.29 is 4.74 Å². The predicted molar refractivity (Wildman–Crippen MR) is 84.2 cm³/mol. The molecule has 1 aromatic rings. The summed E-state index contributed by atoms with van der Waals surface area (Å²) in [7, 11) is 0. The Kier molecular flexibility index (Phi) is 4.88. The van der Waals surface area contributed by atoms with Gasteiger partial charge >= 0.3 is 0 Å². The van der Waals surface area contributed by atoms with E-state index in [1.54, 1.807) is 0 Å². The second-order valence-electron chi connectivity index (χ2n) is 6.82. The molecule has 3 atom stereocenters. The molecule has 0 amide bonds. The molecule has 2 rings (SSSR count). The quantitative estimate of drug-likeness (QED) is 0.826. The van der Waals surface area contributed by atoms with Gasteiger partial charge in [0, 0.05) is 11.8 Å². The van der Waals surface area contributed by atoms with Crippen LogP contribution in [-0.4, -0.2) is 11.1 Å². The summed E-state index contributed by atoms with van der Waals surface area (Å²) < 4.78 is 6.32. The third kappa shape index (κ3) is 3.56. The topological polar surface area (TPSA) is 45.9 Å². The molecular weight excluding hydrogens is 260 g/mol. The fourth-order valence-corrected chi connectivity index (χ4v) is 3.44. The van der Waals surface area contributed by atoms with E-state index in [0.29, 0.717) is 29.1 Å². The fourth-order valence-electron chi connectivity index (χ4n) is 3.44. The van der Waals surface area contributed by atoms with Gasteiger partial charge in [-0.2, -0.15) is 5.26 Å². The van der Waals surface area contributed by atoms with Crippen molar-refractivity contribution in [3.63, 3.8) is 0 Å². The SMILES string of the molecule is Cc1cc(OC2CC(C)CCC2C(C)C)c(C#N)c(C)n1. The average molecular weight is 286 g/mol. The van der Waals surface area contributed by atoms with E-state index in [2.05, 4.69) is 31.8 Å². The molecule has 3 unspecified atom stereocenters. The van der Waals surface area contributed by atoms with Crippen LogP contribution in [0.25, 0.3) is 0 Å². The van der Waals surface area contributed by atoms with E-state index in [1.807, 2.05) is 19.9 Å². The van der Waals surface area contributed by atoms with Crippen molar-refractivity contribution in [3.05, 3.63) is 23.0 Å². The third-order valence-corrected chi connectivity index (χ3v) is 4.64. The van der Waals surface area contributed by atoms with Crippen molar-refractivity contribution in [2.75, 3.05) is 0 Å². The molecule has 0 N–H and O–H groups in total. The zero-order valence-electron chi connectivity index (χ0n) is 13.8. The molecule has 1 aliphatic rings. The lowest BCUT2D eigenvalue weighted by Crippen LogP contribution is -2.36. The largest absolute Gasteiger partial charge is 0.489 e. The highest BCUT2D eigenvalue weighted by Crippen LogP contribution is 2.37. The number of hydrogen-bond donors (Lipinski definition) is 0. The summed E-state index contributed by atoms with van der Waals surface area (Å²) in [6.07, 6.45) is 3.78. The van der Waals surface area contributed by atoms with E-state index in [-0.39, 0.29) is 6.10 Å². The highest BCUT2D eigenvalue weighted by Gasteiger charge is 2.32. The molecule has 1 aromatic heterocycles. The third-order valence-electron chi connectivity index (χ3n) is 4.64. The highest BCUT2D eigenvalue weighted by molar-refractivity contribution is 5.46. The Morgan fingerprint density at radius 1 is 1.33 bits per heavy atom. The van der Waals surface area contributed by atoms with Gasteiger partial charge in [-0.1, -0.05) is 27.2 Å². The van der Waals surface area contributed by atoms with Gasteiger partial charge in [0.05, 0.1) is 5.69 Å². The summed E-state index contributed by atoms with van der Waals surface area (Å²) in [6.45, 7) is 10.7. The van der Waals surface area contributed by atoms with Crippen molar-refractivity contribution in [3.8, 4) is 11.8 Å². The Bertz CT molecular complexity index is 545. The molecule has 0 bridgehead atoms.